The standard InChI is InChI=1S/C18H18N8O7S3/c1-25-18(22-12(28)13(29)23-25)36-4-6-3-34-15-9(14(30)26(15)10(6)16(31)32)21-11(27)8(24-33-2)7-5-35-17(19)20-7/h5,9,15H,3-4H2,1-2H3,(H2,19,20)(H,21,27)(H,23,29)(H,31,32)/t9-,15?/m1/s1. The molecule has 1 saturated heterocycles. The second kappa shape index (κ2) is 10.2. The van der Waals surface area contributed by atoms with Gasteiger partial charge in [-0.3, -0.25) is 33.9 Å². The highest BCUT2D eigenvalue weighted by molar-refractivity contribution is 8.01. The molecule has 0 bridgehead atoms. The number of carbonyl (C=O) groups excluding carboxylic acids is 2. The van der Waals surface area contributed by atoms with E-state index in [2.05, 4.69) is 25.5 Å². The molecule has 2 atom stereocenters. The van der Waals surface area contributed by atoms with Crippen molar-refractivity contribution in [2.24, 2.45) is 12.2 Å². The van der Waals surface area contributed by atoms with Crippen LogP contribution in [0.1, 0.15) is 5.69 Å². The molecule has 0 aliphatic carbocycles. The third kappa shape index (κ3) is 4.73. The van der Waals surface area contributed by atoms with Crippen molar-refractivity contribution >= 4 is 63.5 Å². The third-order valence-corrected chi connectivity index (χ3v) is 8.15. The summed E-state index contributed by atoms with van der Waals surface area (Å²) in [5.41, 5.74) is 4.00. The Balaban J connectivity index is 1.51. The lowest BCUT2D eigenvalue weighted by molar-refractivity contribution is -0.150. The summed E-state index contributed by atoms with van der Waals surface area (Å²) in [4.78, 5) is 74.3. The molecule has 2 aromatic heterocycles. The number of aromatic nitrogens is 4. The number of fused-ring (bicyclic) bond motifs is 1. The van der Waals surface area contributed by atoms with Crippen molar-refractivity contribution in [1.82, 2.24) is 30.0 Å². The number of β-lactam (4-membered cyclic amide) rings is 1. The van der Waals surface area contributed by atoms with E-state index in [1.54, 1.807) is 0 Å². The Morgan fingerprint density at radius 3 is 2.78 bits per heavy atom. The number of oxime groups is 1. The van der Waals surface area contributed by atoms with Gasteiger partial charge in [-0.15, -0.1) is 23.1 Å². The Morgan fingerprint density at radius 1 is 1.39 bits per heavy atom. The molecule has 36 heavy (non-hydrogen) atoms. The fraction of sp³-hybridized carbons (Fsp3) is 0.333. The number of rotatable bonds is 8. The van der Waals surface area contributed by atoms with Gasteiger partial charge in [0.25, 0.3) is 11.8 Å². The van der Waals surface area contributed by atoms with E-state index in [4.69, 9.17) is 10.6 Å². The van der Waals surface area contributed by atoms with Crippen molar-refractivity contribution in [2.45, 2.75) is 16.6 Å². The summed E-state index contributed by atoms with van der Waals surface area (Å²) < 4.78 is 1.25. The minimum absolute atomic E-state index is 0.102. The third-order valence-electron chi connectivity index (χ3n) is 5.02. The fourth-order valence-electron chi connectivity index (χ4n) is 3.44. The number of aryl methyl sites for hydroxylation is 1. The van der Waals surface area contributed by atoms with Crippen LogP contribution in [0.5, 0.6) is 0 Å². The molecule has 4 rings (SSSR count). The predicted octanol–water partition coefficient (Wildman–Crippen LogP) is -1.61. The number of nitrogens with two attached hydrogens (primary N) is 1. The Morgan fingerprint density at radius 2 is 2.14 bits per heavy atom. The molecule has 18 heteroatoms. The second-order valence-electron chi connectivity index (χ2n) is 7.30. The van der Waals surface area contributed by atoms with E-state index in [0.717, 1.165) is 28.0 Å². The van der Waals surface area contributed by atoms with Crippen LogP contribution in [0.4, 0.5) is 5.13 Å². The van der Waals surface area contributed by atoms with Crippen LogP contribution in [0.3, 0.4) is 0 Å². The number of carboxylic acid groups (broad SMARTS) is 1. The number of nitrogens with zero attached hydrogens (tertiary/aromatic N) is 5. The summed E-state index contributed by atoms with van der Waals surface area (Å²) in [5.74, 6) is -2.30. The Bertz CT molecular complexity index is 1430. The molecule has 15 nitrogen and oxygen atoms in total. The van der Waals surface area contributed by atoms with Gasteiger partial charge < -0.3 is 21.0 Å². The van der Waals surface area contributed by atoms with Crippen LogP contribution < -0.4 is 22.2 Å². The van der Waals surface area contributed by atoms with E-state index >= 15 is 0 Å². The van der Waals surface area contributed by atoms with Gasteiger partial charge in [-0.05, 0) is 5.57 Å². The maximum atomic E-state index is 12.9. The van der Waals surface area contributed by atoms with Crippen LogP contribution >= 0.6 is 34.9 Å². The molecular weight excluding hydrogens is 536 g/mol. The number of hydrogen-bond acceptors (Lipinski definition) is 13. The molecule has 5 N–H and O–H groups in total. The van der Waals surface area contributed by atoms with Gasteiger partial charge in [0.15, 0.2) is 16.0 Å². The number of carboxylic acids is 1. The van der Waals surface area contributed by atoms with Crippen LogP contribution in [0.25, 0.3) is 0 Å². The summed E-state index contributed by atoms with van der Waals surface area (Å²) in [6.07, 6.45) is 0. The lowest BCUT2D eigenvalue weighted by Gasteiger charge is -2.49. The van der Waals surface area contributed by atoms with Crippen LogP contribution in [-0.2, 0) is 26.3 Å². The summed E-state index contributed by atoms with van der Waals surface area (Å²) in [6.45, 7) is 0. The lowest BCUT2D eigenvalue weighted by atomic mass is 10.0. The lowest BCUT2D eigenvalue weighted by Crippen LogP contribution is -2.71. The highest BCUT2D eigenvalue weighted by Gasteiger charge is 2.54. The fourth-order valence-corrected chi connectivity index (χ4v) is 6.39. The topological polar surface area (TPSA) is 215 Å². The average molecular weight is 555 g/mol. The second-order valence-corrected chi connectivity index (χ2v) is 10.2. The zero-order valence-electron chi connectivity index (χ0n) is 18.6. The predicted molar refractivity (Wildman–Crippen MR) is 131 cm³/mol. The molecule has 2 amide bonds. The smallest absolute Gasteiger partial charge is 0.352 e. The summed E-state index contributed by atoms with van der Waals surface area (Å²) >= 11 is 3.41. The summed E-state index contributed by atoms with van der Waals surface area (Å²) in [7, 11) is 2.74. The van der Waals surface area contributed by atoms with Gasteiger partial charge in [0.05, 0.1) is 0 Å². The molecular formula is C18H18N8O7S3. The van der Waals surface area contributed by atoms with E-state index in [1.165, 1.54) is 36.0 Å². The highest BCUT2D eigenvalue weighted by atomic mass is 32.2. The molecule has 0 saturated carbocycles. The van der Waals surface area contributed by atoms with Crippen LogP contribution in [0.15, 0.2) is 36.6 Å². The number of thiazole rings is 1. The number of anilines is 1. The van der Waals surface area contributed by atoms with Crippen molar-refractivity contribution in [3.63, 3.8) is 0 Å². The minimum Gasteiger partial charge on any atom is -0.477 e. The zero-order chi connectivity index (χ0) is 26.1. The van der Waals surface area contributed by atoms with E-state index in [-0.39, 0.29) is 38.9 Å². The first-order chi connectivity index (χ1) is 17.1. The van der Waals surface area contributed by atoms with E-state index < -0.39 is 40.3 Å². The molecule has 0 spiro atoms. The quantitative estimate of drug-likeness (QED) is 0.0953. The Hall–Kier alpha value is -3.64. The number of aromatic amines is 1. The summed E-state index contributed by atoms with van der Waals surface area (Å²) in [5, 5.41) is 19.6. The monoisotopic (exact) mass is 554 g/mol. The molecule has 0 aromatic carbocycles. The van der Waals surface area contributed by atoms with Gasteiger partial charge in [-0.2, -0.15) is 4.98 Å². The number of thioether (sulfide) groups is 2. The molecule has 2 aliphatic heterocycles. The number of carbonyl (C=O) groups is 3. The van der Waals surface area contributed by atoms with Crippen molar-refractivity contribution in [3.05, 3.63) is 43.1 Å². The van der Waals surface area contributed by atoms with Crippen LogP contribution in [-0.4, -0.2) is 83.3 Å². The molecule has 2 aromatic rings. The normalized spacial score (nSPS) is 19.6. The first-order valence-electron chi connectivity index (χ1n) is 9.96. The van der Waals surface area contributed by atoms with Gasteiger partial charge in [-0.25, -0.2) is 9.78 Å². The number of nitrogen functional groups attached to an aromatic ring is 1. The van der Waals surface area contributed by atoms with Gasteiger partial charge in [0.2, 0.25) is 0 Å². The number of nitrogens with one attached hydrogen (secondary N) is 2. The first kappa shape index (κ1) is 25.5. The van der Waals surface area contributed by atoms with Crippen molar-refractivity contribution in [1.29, 1.82) is 0 Å². The Labute approximate surface area is 213 Å². The van der Waals surface area contributed by atoms with Crippen molar-refractivity contribution in [2.75, 3.05) is 24.3 Å². The SMILES string of the molecule is CON=C(C(=O)N[C@@H]1C(=O)N2C(C(=O)O)=C(CSc3nc(=O)c(=O)[nH]n3C)CSC12)c1csc(N)n1. The number of hydrogen-bond donors (Lipinski definition) is 4. The van der Waals surface area contributed by atoms with Gasteiger partial charge in [0.1, 0.15) is 29.9 Å². The molecule has 190 valence electrons. The maximum absolute atomic E-state index is 12.9. The molecule has 0 radical (unpaired) electrons. The van der Waals surface area contributed by atoms with Gasteiger partial charge in [-0.1, -0.05) is 16.9 Å². The maximum Gasteiger partial charge on any atom is 0.352 e. The number of H-pyrrole nitrogens is 1. The summed E-state index contributed by atoms with van der Waals surface area (Å²) in [6, 6.07) is -0.995. The van der Waals surface area contributed by atoms with E-state index in [0.29, 0.717) is 5.57 Å². The van der Waals surface area contributed by atoms with Gasteiger partial charge in [0, 0.05) is 23.9 Å². The highest BCUT2D eigenvalue weighted by Crippen LogP contribution is 2.41. The molecule has 4 heterocycles. The van der Waals surface area contributed by atoms with Gasteiger partial charge >= 0.3 is 17.1 Å². The number of amides is 2. The largest absolute Gasteiger partial charge is 0.477 e. The number of aliphatic carboxylic acids is 1. The Kier molecular flexibility index (Phi) is 7.18. The van der Waals surface area contributed by atoms with E-state index in [1.807, 2.05) is 0 Å². The van der Waals surface area contributed by atoms with Crippen LogP contribution in [0.2, 0.25) is 0 Å². The minimum atomic E-state index is -1.31. The zero-order valence-corrected chi connectivity index (χ0v) is 21.0. The van der Waals surface area contributed by atoms with E-state index in [9.17, 15) is 29.1 Å². The van der Waals surface area contributed by atoms with Crippen LogP contribution in [0, 0.1) is 0 Å². The van der Waals surface area contributed by atoms with Crippen molar-refractivity contribution < 1.29 is 24.3 Å². The molecule has 1 fully saturated rings. The average Bonchev–Trinajstić information content (AvgIpc) is 3.27. The molecule has 2 aliphatic rings. The first-order valence-corrected chi connectivity index (χ1v) is 12.9. The van der Waals surface area contributed by atoms with Crippen molar-refractivity contribution in [3.8, 4) is 0 Å². The molecule has 1 unspecified atom stereocenters.